The third-order valence-corrected chi connectivity index (χ3v) is 3.92. The summed E-state index contributed by atoms with van der Waals surface area (Å²) in [5.74, 6) is 0. The van der Waals surface area contributed by atoms with E-state index in [2.05, 4.69) is 22.1 Å². The number of aliphatic hydroxyl groups excluding tert-OH is 1. The molecule has 0 aliphatic rings. The molecular formula is C16H20N2O2S. The van der Waals surface area contributed by atoms with Gasteiger partial charge >= 0.3 is 6.03 Å². The number of amides is 2. The van der Waals surface area contributed by atoms with E-state index in [1.54, 1.807) is 11.3 Å². The van der Waals surface area contributed by atoms with Crippen LogP contribution < -0.4 is 10.6 Å². The van der Waals surface area contributed by atoms with E-state index in [9.17, 15) is 4.79 Å². The van der Waals surface area contributed by atoms with Crippen LogP contribution >= 0.6 is 11.3 Å². The minimum absolute atomic E-state index is 0.0606. The number of thiophene rings is 1. The summed E-state index contributed by atoms with van der Waals surface area (Å²) in [4.78, 5) is 11.6. The molecule has 0 saturated heterocycles. The molecule has 0 unspecified atom stereocenters. The average molecular weight is 304 g/mol. The van der Waals surface area contributed by atoms with Crippen LogP contribution in [-0.2, 0) is 19.4 Å². The quantitative estimate of drug-likeness (QED) is 0.735. The first kappa shape index (κ1) is 15.5. The molecule has 0 fully saturated rings. The van der Waals surface area contributed by atoms with Crippen molar-refractivity contribution >= 4 is 17.4 Å². The number of nitrogens with one attached hydrogen (secondary N) is 2. The Bertz CT molecular complexity index is 538. The molecule has 0 aliphatic heterocycles. The zero-order valence-electron chi connectivity index (χ0n) is 11.8. The molecule has 2 rings (SSSR count). The minimum Gasteiger partial charge on any atom is -0.392 e. The van der Waals surface area contributed by atoms with Crippen LogP contribution in [0.2, 0.25) is 0 Å². The number of aliphatic hydroxyl groups is 1. The maximum absolute atomic E-state index is 11.6. The zero-order chi connectivity index (χ0) is 14.9. The standard InChI is InChI=1S/C16H20N2O2S/c19-11-14-3-1-13(2-4-14)5-8-17-16(20)18-9-6-15-7-10-21-12-15/h1-4,7,10,12,19H,5-6,8-9,11H2,(H2,17,18,20). The number of hydrogen-bond acceptors (Lipinski definition) is 3. The van der Waals surface area contributed by atoms with Gasteiger partial charge in [-0.1, -0.05) is 24.3 Å². The lowest BCUT2D eigenvalue weighted by molar-refractivity contribution is 0.241. The van der Waals surface area contributed by atoms with Gasteiger partial charge in [0.15, 0.2) is 0 Å². The molecule has 0 atom stereocenters. The van der Waals surface area contributed by atoms with Crippen molar-refractivity contribution in [1.29, 1.82) is 0 Å². The van der Waals surface area contributed by atoms with E-state index in [0.29, 0.717) is 13.1 Å². The molecule has 1 aromatic heterocycles. The van der Waals surface area contributed by atoms with Crippen LogP contribution in [0.5, 0.6) is 0 Å². The predicted octanol–water partition coefficient (Wildman–Crippen LogP) is 2.32. The molecule has 3 N–H and O–H groups in total. The van der Waals surface area contributed by atoms with Crippen LogP contribution in [0.25, 0.3) is 0 Å². The van der Waals surface area contributed by atoms with Crippen molar-refractivity contribution in [3.8, 4) is 0 Å². The number of rotatable bonds is 7. The van der Waals surface area contributed by atoms with Crippen LogP contribution in [0.4, 0.5) is 4.79 Å². The highest BCUT2D eigenvalue weighted by Crippen LogP contribution is 2.06. The normalized spacial score (nSPS) is 10.3. The van der Waals surface area contributed by atoms with Crippen LogP contribution in [-0.4, -0.2) is 24.2 Å². The second-order valence-electron chi connectivity index (χ2n) is 4.79. The van der Waals surface area contributed by atoms with E-state index < -0.39 is 0 Å². The van der Waals surface area contributed by atoms with Crippen LogP contribution in [0.15, 0.2) is 41.1 Å². The molecule has 4 nitrogen and oxygen atoms in total. The molecular weight excluding hydrogens is 284 g/mol. The van der Waals surface area contributed by atoms with Crippen molar-refractivity contribution in [2.24, 2.45) is 0 Å². The lowest BCUT2D eigenvalue weighted by atomic mass is 10.1. The first-order chi connectivity index (χ1) is 10.3. The second kappa shape index (κ2) is 8.44. The van der Waals surface area contributed by atoms with Gasteiger partial charge in [-0.15, -0.1) is 0 Å². The summed E-state index contributed by atoms with van der Waals surface area (Å²) < 4.78 is 0. The van der Waals surface area contributed by atoms with Gasteiger partial charge in [0.2, 0.25) is 0 Å². The molecule has 0 aliphatic carbocycles. The van der Waals surface area contributed by atoms with E-state index in [1.807, 2.05) is 29.6 Å². The number of urea groups is 1. The van der Waals surface area contributed by atoms with Crippen LogP contribution in [0.3, 0.4) is 0 Å². The van der Waals surface area contributed by atoms with E-state index in [1.165, 1.54) is 5.56 Å². The Morgan fingerprint density at radius 3 is 2.14 bits per heavy atom. The topological polar surface area (TPSA) is 61.4 Å². The van der Waals surface area contributed by atoms with Crippen LogP contribution in [0.1, 0.15) is 16.7 Å². The number of carbonyl (C=O) groups excluding carboxylic acids is 1. The fraction of sp³-hybridized carbons (Fsp3) is 0.312. The maximum atomic E-state index is 11.6. The third kappa shape index (κ3) is 5.57. The largest absolute Gasteiger partial charge is 0.392 e. The monoisotopic (exact) mass is 304 g/mol. The minimum atomic E-state index is -0.128. The summed E-state index contributed by atoms with van der Waals surface area (Å²) in [6.07, 6.45) is 1.64. The summed E-state index contributed by atoms with van der Waals surface area (Å²) in [6, 6.07) is 9.69. The molecule has 0 radical (unpaired) electrons. The van der Waals surface area contributed by atoms with Gasteiger partial charge in [0.1, 0.15) is 0 Å². The van der Waals surface area contributed by atoms with E-state index in [4.69, 9.17) is 5.11 Å². The lowest BCUT2D eigenvalue weighted by Gasteiger charge is -2.07. The molecule has 0 bridgehead atoms. The van der Waals surface area contributed by atoms with Crippen molar-refractivity contribution in [2.45, 2.75) is 19.4 Å². The highest BCUT2D eigenvalue weighted by Gasteiger charge is 2.00. The zero-order valence-corrected chi connectivity index (χ0v) is 12.7. The molecule has 1 aromatic carbocycles. The van der Waals surface area contributed by atoms with Gasteiger partial charge in [0.25, 0.3) is 0 Å². The fourth-order valence-electron chi connectivity index (χ4n) is 1.95. The Balaban J connectivity index is 1.60. The van der Waals surface area contributed by atoms with E-state index >= 15 is 0 Å². The lowest BCUT2D eigenvalue weighted by Crippen LogP contribution is -2.37. The van der Waals surface area contributed by atoms with Crippen molar-refractivity contribution in [2.75, 3.05) is 13.1 Å². The summed E-state index contributed by atoms with van der Waals surface area (Å²) in [5, 5.41) is 18.8. The van der Waals surface area contributed by atoms with E-state index in [-0.39, 0.29) is 12.6 Å². The van der Waals surface area contributed by atoms with Crippen molar-refractivity contribution in [3.05, 3.63) is 57.8 Å². The van der Waals surface area contributed by atoms with Gasteiger partial charge in [0.05, 0.1) is 6.61 Å². The Morgan fingerprint density at radius 2 is 1.57 bits per heavy atom. The predicted molar refractivity (Wildman–Crippen MR) is 85.5 cm³/mol. The number of hydrogen-bond donors (Lipinski definition) is 3. The molecule has 2 amide bonds. The van der Waals surface area contributed by atoms with E-state index in [0.717, 1.165) is 24.0 Å². The second-order valence-corrected chi connectivity index (χ2v) is 5.57. The van der Waals surface area contributed by atoms with Gasteiger partial charge in [-0.3, -0.25) is 0 Å². The highest BCUT2D eigenvalue weighted by atomic mass is 32.1. The molecule has 0 spiro atoms. The summed E-state index contributed by atoms with van der Waals surface area (Å²) in [7, 11) is 0. The Kier molecular flexibility index (Phi) is 6.24. The summed E-state index contributed by atoms with van der Waals surface area (Å²) in [5.41, 5.74) is 3.30. The number of carbonyl (C=O) groups is 1. The third-order valence-electron chi connectivity index (χ3n) is 3.18. The molecule has 21 heavy (non-hydrogen) atoms. The van der Waals surface area contributed by atoms with Gasteiger partial charge in [-0.25, -0.2) is 4.79 Å². The first-order valence-corrected chi connectivity index (χ1v) is 7.93. The Morgan fingerprint density at radius 1 is 0.952 bits per heavy atom. The molecule has 112 valence electrons. The van der Waals surface area contributed by atoms with Crippen molar-refractivity contribution in [3.63, 3.8) is 0 Å². The van der Waals surface area contributed by atoms with Gasteiger partial charge in [-0.05, 0) is 46.4 Å². The SMILES string of the molecule is O=C(NCCc1ccc(CO)cc1)NCCc1ccsc1. The molecule has 1 heterocycles. The van der Waals surface area contributed by atoms with Crippen molar-refractivity contribution in [1.82, 2.24) is 10.6 Å². The fourth-order valence-corrected chi connectivity index (χ4v) is 2.65. The van der Waals surface area contributed by atoms with Gasteiger partial charge < -0.3 is 15.7 Å². The molecule has 0 saturated carbocycles. The van der Waals surface area contributed by atoms with Gasteiger partial charge in [-0.2, -0.15) is 11.3 Å². The maximum Gasteiger partial charge on any atom is 0.314 e. The summed E-state index contributed by atoms with van der Waals surface area (Å²) in [6.45, 7) is 1.31. The van der Waals surface area contributed by atoms with Gasteiger partial charge in [0, 0.05) is 13.1 Å². The first-order valence-electron chi connectivity index (χ1n) is 6.99. The van der Waals surface area contributed by atoms with Crippen molar-refractivity contribution < 1.29 is 9.90 Å². The molecule has 2 aromatic rings. The van der Waals surface area contributed by atoms with Crippen LogP contribution in [0, 0.1) is 0 Å². The Labute approximate surface area is 128 Å². The average Bonchev–Trinajstić information content (AvgIpc) is 3.01. The molecule has 5 heteroatoms. The number of benzene rings is 1. The smallest absolute Gasteiger partial charge is 0.314 e. The highest BCUT2D eigenvalue weighted by molar-refractivity contribution is 7.07. The summed E-state index contributed by atoms with van der Waals surface area (Å²) >= 11 is 1.67. The Hall–Kier alpha value is -1.85.